The van der Waals surface area contributed by atoms with E-state index in [4.69, 9.17) is 15.5 Å². The minimum atomic E-state index is -4.23. The van der Waals surface area contributed by atoms with Crippen LogP contribution in [0.5, 0.6) is 5.88 Å². The molecule has 3 aromatic heterocycles. The number of sulfonamides is 1. The number of amides is 1. The first-order chi connectivity index (χ1) is 17.7. The van der Waals surface area contributed by atoms with Crippen molar-refractivity contribution >= 4 is 27.6 Å². The van der Waals surface area contributed by atoms with Gasteiger partial charge in [-0.05, 0) is 76.3 Å². The molecule has 37 heavy (non-hydrogen) atoms. The molecule has 0 radical (unpaired) electrons. The summed E-state index contributed by atoms with van der Waals surface area (Å²) in [5.74, 6) is 0.275. The zero-order valence-electron chi connectivity index (χ0n) is 20.8. The molecule has 2 fully saturated rings. The van der Waals surface area contributed by atoms with Crippen LogP contribution in [0.3, 0.4) is 0 Å². The number of nitrogens with two attached hydrogens (primary N) is 1. The van der Waals surface area contributed by atoms with E-state index in [-0.39, 0.29) is 32.3 Å². The van der Waals surface area contributed by atoms with Crippen molar-refractivity contribution in [3.05, 3.63) is 54.2 Å². The maximum atomic E-state index is 13.4. The number of aromatic nitrogens is 3. The van der Waals surface area contributed by atoms with Crippen LogP contribution in [0, 0.1) is 0 Å². The molecule has 2 aliphatic rings. The first-order valence-corrected chi connectivity index (χ1v) is 13.9. The highest BCUT2D eigenvalue weighted by Gasteiger charge is 2.47. The molecule has 1 spiro atoms. The Bertz CT molecular complexity index is 1440. The molecule has 1 saturated carbocycles. The molecular weight excluding hydrogens is 492 g/mol. The van der Waals surface area contributed by atoms with Gasteiger partial charge in [0.25, 0.3) is 15.9 Å². The van der Waals surface area contributed by atoms with Crippen molar-refractivity contribution in [2.45, 2.75) is 62.6 Å². The normalized spacial score (nSPS) is 16.6. The van der Waals surface area contributed by atoms with Gasteiger partial charge < -0.3 is 15.4 Å². The van der Waals surface area contributed by atoms with Gasteiger partial charge in [0.1, 0.15) is 11.6 Å². The summed E-state index contributed by atoms with van der Waals surface area (Å²) in [5.41, 5.74) is 7.20. The molecule has 0 aromatic carbocycles. The fourth-order valence-electron chi connectivity index (χ4n) is 5.02. The number of pyridine rings is 3. The molecule has 0 unspecified atom stereocenters. The van der Waals surface area contributed by atoms with Crippen LogP contribution in [-0.4, -0.2) is 47.5 Å². The minimum absolute atomic E-state index is 0. The highest BCUT2D eigenvalue weighted by Crippen LogP contribution is 2.48. The van der Waals surface area contributed by atoms with Gasteiger partial charge >= 0.3 is 0 Å². The van der Waals surface area contributed by atoms with Gasteiger partial charge in [-0.15, -0.1) is 0 Å². The number of hydrogen-bond donors (Lipinski definition) is 2. The van der Waals surface area contributed by atoms with E-state index in [0.717, 1.165) is 44.2 Å². The number of nitrogens with zero attached hydrogens (tertiary/aromatic N) is 4. The number of hydrogen-bond acceptors (Lipinski definition) is 9. The van der Waals surface area contributed by atoms with Gasteiger partial charge in [-0.25, -0.2) is 19.7 Å². The quantitative estimate of drug-likeness (QED) is 0.459. The fraction of sp³-hybridized carbons (Fsp3) is 0.385. The first kappa shape index (κ1) is 24.9. The van der Waals surface area contributed by atoms with E-state index in [1.54, 1.807) is 24.4 Å². The Labute approximate surface area is 220 Å². The summed E-state index contributed by atoms with van der Waals surface area (Å²) >= 11 is 0. The van der Waals surface area contributed by atoms with Crippen LogP contribution in [0.25, 0.3) is 11.3 Å². The van der Waals surface area contributed by atoms with Gasteiger partial charge in [-0.1, -0.05) is 6.07 Å². The summed E-state index contributed by atoms with van der Waals surface area (Å²) in [7, 11) is -4.23. The molecule has 200 valence electrons. The average Bonchev–Trinajstić information content (AvgIpc) is 3.30. The molecule has 1 aliphatic heterocycles. The molecule has 3 aromatic rings. The maximum absolute atomic E-state index is 13.4. The second kappa shape index (κ2) is 9.62. The molecule has 1 amide bonds. The third kappa shape index (κ3) is 4.95. The zero-order chi connectivity index (χ0) is 26.2. The lowest BCUT2D eigenvalue weighted by molar-refractivity contribution is 0.0981. The van der Waals surface area contributed by atoms with E-state index in [1.165, 1.54) is 18.2 Å². The number of ether oxygens (including phenoxy) is 1. The van der Waals surface area contributed by atoms with Gasteiger partial charge in [-0.2, -0.15) is 8.42 Å². The van der Waals surface area contributed by atoms with Crippen molar-refractivity contribution in [2.24, 2.45) is 0 Å². The summed E-state index contributed by atoms with van der Waals surface area (Å²) in [6, 6.07) is 11.2. The molecule has 5 rings (SSSR count). The second-order valence-corrected chi connectivity index (χ2v) is 11.4. The zero-order valence-corrected chi connectivity index (χ0v) is 21.7. The topological polar surface area (TPSA) is 140 Å². The van der Waals surface area contributed by atoms with Gasteiger partial charge in [0, 0.05) is 34.2 Å². The van der Waals surface area contributed by atoms with Crippen molar-refractivity contribution < 1.29 is 22.2 Å². The van der Waals surface area contributed by atoms with Crippen molar-refractivity contribution in [1.29, 1.82) is 0 Å². The molecule has 10 nitrogen and oxygen atoms in total. The predicted octanol–water partition coefficient (Wildman–Crippen LogP) is 4.29. The number of carbonyl (C=O) groups excluding carboxylic acids is 1. The first-order valence-electron chi connectivity index (χ1n) is 12.4. The van der Waals surface area contributed by atoms with Gasteiger partial charge in [0.05, 0.1) is 17.4 Å². The van der Waals surface area contributed by atoms with Crippen LogP contribution in [0.1, 0.15) is 60.6 Å². The summed E-state index contributed by atoms with van der Waals surface area (Å²) in [5, 5.41) is -0.321. The number of nitrogens with one attached hydrogen (secondary N) is 1. The third-order valence-corrected chi connectivity index (χ3v) is 8.12. The highest BCUT2D eigenvalue weighted by atomic mass is 32.2. The van der Waals surface area contributed by atoms with Crippen LogP contribution >= 0.6 is 0 Å². The average molecular weight is 529 g/mol. The fourth-order valence-corrected chi connectivity index (χ4v) is 5.96. The van der Waals surface area contributed by atoms with Crippen molar-refractivity contribution in [3.63, 3.8) is 0 Å². The summed E-state index contributed by atoms with van der Waals surface area (Å²) < 4.78 is 33.6. The van der Waals surface area contributed by atoms with Gasteiger partial charge in [-0.3, -0.25) is 4.79 Å². The van der Waals surface area contributed by atoms with Crippen LogP contribution in [-0.2, 0) is 10.0 Å². The lowest BCUT2D eigenvalue weighted by Crippen LogP contribution is -2.50. The van der Waals surface area contributed by atoms with Gasteiger partial charge in [0.15, 0.2) is 5.03 Å². The minimum Gasteiger partial charge on any atom is -0.475 e. The Kier molecular flexibility index (Phi) is 6.49. The smallest absolute Gasteiger partial charge is 0.281 e. The highest BCUT2D eigenvalue weighted by molar-refractivity contribution is 7.90. The molecule has 1 aliphatic carbocycles. The van der Waals surface area contributed by atoms with Crippen molar-refractivity contribution in [1.82, 2.24) is 19.7 Å². The van der Waals surface area contributed by atoms with E-state index in [1.807, 2.05) is 19.9 Å². The molecule has 0 bridgehead atoms. The number of nitrogen functional groups attached to an aromatic ring is 1. The van der Waals surface area contributed by atoms with E-state index in [2.05, 4.69) is 19.6 Å². The van der Waals surface area contributed by atoms with E-state index < -0.39 is 15.9 Å². The Morgan fingerprint density at radius 1 is 1.11 bits per heavy atom. The lowest BCUT2D eigenvalue weighted by atomic mass is 9.75. The molecule has 3 N–H and O–H groups in total. The number of carbonyl (C=O) groups is 1. The van der Waals surface area contributed by atoms with E-state index >= 15 is 0 Å². The Morgan fingerprint density at radius 2 is 1.89 bits per heavy atom. The van der Waals surface area contributed by atoms with E-state index in [0.29, 0.717) is 17.4 Å². The summed E-state index contributed by atoms with van der Waals surface area (Å²) in [6.45, 7) is 4.62. The lowest BCUT2D eigenvalue weighted by Gasteiger charge is -2.47. The van der Waals surface area contributed by atoms with Crippen molar-refractivity contribution in [2.75, 3.05) is 17.2 Å². The number of anilines is 2. The van der Waals surface area contributed by atoms with Crippen LogP contribution in [0.15, 0.2) is 53.7 Å². The Hall–Kier alpha value is -3.73. The molecule has 4 heterocycles. The van der Waals surface area contributed by atoms with Gasteiger partial charge in [0.2, 0.25) is 5.88 Å². The standard InChI is InChI=1S/C26H30N6O4S.3H2/c1-17(2)36-22-11-8-18(16-28-22)20-10-9-19(24(29-20)32-15-5-14-26(32)12-4-13-26)25(33)31-37(34,35)23-7-3-6-21(27)30-23;;;/h3,6-11,16-17H,4-5,12-15H2,1-2H3,(H2,27,30)(H,31,33);3*1H. The largest absolute Gasteiger partial charge is 0.475 e. The second-order valence-electron chi connectivity index (χ2n) is 9.79. The molecule has 0 atom stereocenters. The van der Waals surface area contributed by atoms with Crippen molar-refractivity contribution in [3.8, 4) is 17.1 Å². The van der Waals surface area contributed by atoms with Crippen LogP contribution in [0.4, 0.5) is 11.6 Å². The Balaban J connectivity index is 0.00000187. The van der Waals surface area contributed by atoms with E-state index in [9.17, 15) is 13.2 Å². The molecule has 11 heteroatoms. The Morgan fingerprint density at radius 3 is 2.54 bits per heavy atom. The third-order valence-electron chi connectivity index (χ3n) is 6.89. The molecular formula is C26H36N6O4S. The summed E-state index contributed by atoms with van der Waals surface area (Å²) in [4.78, 5) is 28.7. The monoisotopic (exact) mass is 528 g/mol. The summed E-state index contributed by atoms with van der Waals surface area (Å²) in [6.07, 6.45) is 6.86. The predicted molar refractivity (Wildman–Crippen MR) is 146 cm³/mol. The van der Waals surface area contributed by atoms with Crippen LogP contribution < -0.4 is 20.1 Å². The SMILES string of the molecule is CC(C)Oc1ccc(-c2ccc(C(=O)NS(=O)(=O)c3cccc(N)n3)c(N3CCCC34CCC4)n2)cn1.[HH].[HH].[HH]. The molecule has 1 saturated heterocycles. The van der Waals surface area contributed by atoms with Crippen LogP contribution in [0.2, 0.25) is 0 Å². The number of rotatable bonds is 7. The maximum Gasteiger partial charge on any atom is 0.281 e.